The molecule has 0 aliphatic rings. The zero-order chi connectivity index (χ0) is 14.0. The fraction of sp³-hybridized carbons (Fsp3) is 0.0769. The van der Waals surface area contributed by atoms with Gasteiger partial charge in [-0.2, -0.15) is 0 Å². The summed E-state index contributed by atoms with van der Waals surface area (Å²) in [6, 6.07) is 11.6. The molecule has 6 heteroatoms. The zero-order valence-corrected chi connectivity index (χ0v) is 12.6. The highest BCUT2D eigenvalue weighted by atomic mass is 79.9. The largest absolute Gasteiger partial charge is 0.397 e. The van der Waals surface area contributed by atoms with Crippen LogP contribution >= 0.6 is 15.9 Å². The number of rotatable bonds is 3. The summed E-state index contributed by atoms with van der Waals surface area (Å²) in [5.74, 6) is 0. The Hall–Kier alpha value is -1.53. The minimum atomic E-state index is -3.62. The molecular formula is C13H13BrN2O2S. The maximum Gasteiger partial charge on any atom is 0.261 e. The minimum absolute atomic E-state index is 0.190. The van der Waals surface area contributed by atoms with Gasteiger partial charge in [-0.25, -0.2) is 8.42 Å². The van der Waals surface area contributed by atoms with E-state index in [1.54, 1.807) is 30.3 Å². The number of hydrogen-bond acceptors (Lipinski definition) is 3. The fourth-order valence-corrected chi connectivity index (χ4v) is 2.94. The van der Waals surface area contributed by atoms with E-state index in [2.05, 4.69) is 20.7 Å². The lowest BCUT2D eigenvalue weighted by molar-refractivity contribution is 0.601. The van der Waals surface area contributed by atoms with E-state index in [0.717, 1.165) is 10.0 Å². The van der Waals surface area contributed by atoms with Crippen molar-refractivity contribution in [2.45, 2.75) is 11.8 Å². The highest BCUT2D eigenvalue weighted by Crippen LogP contribution is 2.23. The standard InChI is InChI=1S/C13H13BrN2O2S/c1-9-2-7-13(12(15)8-9)16-19(17,18)11-5-3-10(14)4-6-11/h2-8,16H,15H2,1H3. The summed E-state index contributed by atoms with van der Waals surface area (Å²) in [6.45, 7) is 1.89. The normalized spacial score (nSPS) is 11.3. The monoisotopic (exact) mass is 340 g/mol. The number of hydrogen-bond donors (Lipinski definition) is 2. The number of benzene rings is 2. The lowest BCUT2D eigenvalue weighted by Gasteiger charge is -2.11. The molecule has 0 bridgehead atoms. The van der Waals surface area contributed by atoms with Crippen molar-refractivity contribution in [1.29, 1.82) is 0 Å². The maximum absolute atomic E-state index is 12.2. The molecule has 0 radical (unpaired) electrons. The average Bonchev–Trinajstić information content (AvgIpc) is 2.33. The topological polar surface area (TPSA) is 72.2 Å². The molecule has 0 spiro atoms. The third kappa shape index (κ3) is 3.27. The molecule has 19 heavy (non-hydrogen) atoms. The first-order valence-corrected chi connectivity index (χ1v) is 7.80. The fourth-order valence-electron chi connectivity index (χ4n) is 1.59. The Labute approximate surface area is 120 Å². The van der Waals surface area contributed by atoms with Crippen LogP contribution in [0.2, 0.25) is 0 Å². The predicted octanol–water partition coefficient (Wildman–Crippen LogP) is 3.14. The quantitative estimate of drug-likeness (QED) is 0.843. The molecule has 0 aliphatic carbocycles. The number of nitrogens with one attached hydrogen (secondary N) is 1. The Morgan fingerprint density at radius 3 is 2.32 bits per heavy atom. The van der Waals surface area contributed by atoms with Crippen LogP contribution in [0.3, 0.4) is 0 Å². The van der Waals surface area contributed by atoms with E-state index in [0.29, 0.717) is 11.4 Å². The number of sulfonamides is 1. The van der Waals surface area contributed by atoms with E-state index in [4.69, 9.17) is 5.73 Å². The Morgan fingerprint density at radius 2 is 1.74 bits per heavy atom. The molecule has 0 aromatic heterocycles. The van der Waals surface area contributed by atoms with E-state index in [-0.39, 0.29) is 4.90 Å². The van der Waals surface area contributed by atoms with Crippen LogP contribution in [0.1, 0.15) is 5.56 Å². The number of anilines is 2. The van der Waals surface area contributed by atoms with E-state index in [9.17, 15) is 8.42 Å². The molecule has 0 unspecified atom stereocenters. The van der Waals surface area contributed by atoms with Gasteiger partial charge in [0.05, 0.1) is 16.3 Å². The molecule has 0 fully saturated rings. The molecule has 2 aromatic rings. The first-order valence-electron chi connectivity index (χ1n) is 5.53. The first-order chi connectivity index (χ1) is 8.88. The van der Waals surface area contributed by atoms with E-state index in [1.165, 1.54) is 12.1 Å². The Balaban J connectivity index is 2.33. The average molecular weight is 341 g/mol. The third-order valence-electron chi connectivity index (χ3n) is 2.58. The van der Waals surface area contributed by atoms with Crippen LogP contribution < -0.4 is 10.5 Å². The third-order valence-corrected chi connectivity index (χ3v) is 4.49. The van der Waals surface area contributed by atoms with Crippen molar-refractivity contribution in [3.63, 3.8) is 0 Å². The van der Waals surface area contributed by atoms with Gasteiger partial charge in [-0.1, -0.05) is 22.0 Å². The molecule has 0 saturated heterocycles. The van der Waals surface area contributed by atoms with Crippen molar-refractivity contribution in [2.75, 3.05) is 10.5 Å². The van der Waals surface area contributed by atoms with Gasteiger partial charge in [0.2, 0.25) is 0 Å². The van der Waals surface area contributed by atoms with Crippen LogP contribution in [0.5, 0.6) is 0 Å². The SMILES string of the molecule is Cc1ccc(NS(=O)(=O)c2ccc(Br)cc2)c(N)c1. The van der Waals surface area contributed by atoms with Gasteiger partial charge < -0.3 is 5.73 Å². The van der Waals surface area contributed by atoms with Gasteiger partial charge in [-0.15, -0.1) is 0 Å². The highest BCUT2D eigenvalue weighted by Gasteiger charge is 2.15. The van der Waals surface area contributed by atoms with E-state index < -0.39 is 10.0 Å². The van der Waals surface area contributed by atoms with Crippen LogP contribution in [0.15, 0.2) is 51.8 Å². The summed E-state index contributed by atoms with van der Waals surface area (Å²) in [5.41, 5.74) is 7.56. The molecule has 2 rings (SSSR count). The van der Waals surface area contributed by atoms with Gasteiger partial charge >= 0.3 is 0 Å². The van der Waals surface area contributed by atoms with Crippen LogP contribution in [0.25, 0.3) is 0 Å². The minimum Gasteiger partial charge on any atom is -0.397 e. The lowest BCUT2D eigenvalue weighted by atomic mass is 10.2. The molecule has 0 saturated carbocycles. The number of halogens is 1. The van der Waals surface area contributed by atoms with Gasteiger partial charge in [0.1, 0.15) is 0 Å². The Kier molecular flexibility index (Phi) is 3.82. The number of aryl methyl sites for hydroxylation is 1. The van der Waals surface area contributed by atoms with E-state index in [1.807, 2.05) is 6.92 Å². The van der Waals surface area contributed by atoms with Gasteiger partial charge in [0.25, 0.3) is 10.0 Å². The Morgan fingerprint density at radius 1 is 1.11 bits per heavy atom. The second-order valence-corrected chi connectivity index (χ2v) is 6.75. The summed E-state index contributed by atoms with van der Waals surface area (Å²) in [7, 11) is -3.62. The van der Waals surface area contributed by atoms with E-state index >= 15 is 0 Å². The summed E-state index contributed by atoms with van der Waals surface area (Å²) < 4.78 is 27.6. The molecule has 0 heterocycles. The molecule has 4 nitrogen and oxygen atoms in total. The van der Waals surface area contributed by atoms with Crippen LogP contribution in [0.4, 0.5) is 11.4 Å². The molecule has 0 amide bonds. The first kappa shape index (κ1) is 13.9. The molecule has 0 atom stereocenters. The van der Waals surface area contributed by atoms with Gasteiger partial charge in [0.15, 0.2) is 0 Å². The smallest absolute Gasteiger partial charge is 0.261 e. The summed E-state index contributed by atoms with van der Waals surface area (Å²) >= 11 is 3.26. The van der Waals surface area contributed by atoms with Crippen LogP contribution in [0, 0.1) is 6.92 Å². The summed E-state index contributed by atoms with van der Waals surface area (Å²) in [5, 5.41) is 0. The maximum atomic E-state index is 12.2. The number of nitrogen functional groups attached to an aromatic ring is 1. The second-order valence-electron chi connectivity index (χ2n) is 4.15. The molecule has 0 aliphatic heterocycles. The Bertz CT molecular complexity index is 697. The van der Waals surface area contributed by atoms with Crippen molar-refractivity contribution in [3.05, 3.63) is 52.5 Å². The van der Waals surface area contributed by atoms with Crippen molar-refractivity contribution in [3.8, 4) is 0 Å². The molecule has 100 valence electrons. The van der Waals surface area contributed by atoms with Crippen molar-refractivity contribution in [2.24, 2.45) is 0 Å². The molecule has 3 N–H and O–H groups in total. The predicted molar refractivity (Wildman–Crippen MR) is 80.5 cm³/mol. The number of nitrogens with two attached hydrogens (primary N) is 1. The van der Waals surface area contributed by atoms with Gasteiger partial charge in [-0.05, 0) is 48.9 Å². The highest BCUT2D eigenvalue weighted by molar-refractivity contribution is 9.10. The van der Waals surface area contributed by atoms with Gasteiger partial charge in [-0.3, -0.25) is 4.72 Å². The summed E-state index contributed by atoms with van der Waals surface area (Å²) in [6.07, 6.45) is 0. The van der Waals surface area contributed by atoms with Crippen molar-refractivity contribution >= 4 is 37.3 Å². The van der Waals surface area contributed by atoms with Crippen molar-refractivity contribution in [1.82, 2.24) is 0 Å². The van der Waals surface area contributed by atoms with Gasteiger partial charge in [0, 0.05) is 4.47 Å². The lowest BCUT2D eigenvalue weighted by Crippen LogP contribution is -2.14. The van der Waals surface area contributed by atoms with Crippen LogP contribution in [-0.4, -0.2) is 8.42 Å². The van der Waals surface area contributed by atoms with Crippen molar-refractivity contribution < 1.29 is 8.42 Å². The molecule has 2 aromatic carbocycles. The summed E-state index contributed by atoms with van der Waals surface area (Å²) in [4.78, 5) is 0.190. The molecular weight excluding hydrogens is 328 g/mol. The zero-order valence-electron chi connectivity index (χ0n) is 10.2. The second kappa shape index (κ2) is 5.22. The van der Waals surface area contributed by atoms with Crippen LogP contribution in [-0.2, 0) is 10.0 Å².